The molecule has 0 atom stereocenters. The number of carbonyl (C=O) groups excluding carboxylic acids is 1. The number of amides is 1. The van der Waals surface area contributed by atoms with Gasteiger partial charge in [-0.15, -0.1) is 0 Å². The molecule has 0 aliphatic heterocycles. The summed E-state index contributed by atoms with van der Waals surface area (Å²) in [5.41, 5.74) is -0.992. The van der Waals surface area contributed by atoms with Crippen molar-refractivity contribution >= 4 is 11.7 Å². The second-order valence-electron chi connectivity index (χ2n) is 3.67. The zero-order valence-corrected chi connectivity index (χ0v) is 9.65. The highest BCUT2D eigenvalue weighted by molar-refractivity contribution is 5.88. The SMILES string of the molecule is CC(=O)Nc1cc(C(F)(F)F)cc(-c2cnco2)n1. The van der Waals surface area contributed by atoms with Crippen molar-refractivity contribution < 1.29 is 22.4 Å². The molecule has 0 saturated carbocycles. The van der Waals surface area contributed by atoms with Crippen molar-refractivity contribution in [3.63, 3.8) is 0 Å². The minimum Gasteiger partial charge on any atom is -0.442 e. The minimum atomic E-state index is -4.55. The normalized spacial score (nSPS) is 11.4. The molecular weight excluding hydrogens is 263 g/mol. The number of nitrogens with one attached hydrogen (secondary N) is 1. The van der Waals surface area contributed by atoms with Crippen LogP contribution in [0.25, 0.3) is 11.5 Å². The number of oxazole rings is 1. The molecule has 2 rings (SSSR count). The van der Waals surface area contributed by atoms with Crippen molar-refractivity contribution in [3.05, 3.63) is 30.3 Å². The number of hydrogen-bond donors (Lipinski definition) is 1. The van der Waals surface area contributed by atoms with Gasteiger partial charge < -0.3 is 9.73 Å². The van der Waals surface area contributed by atoms with E-state index in [1.165, 1.54) is 13.1 Å². The van der Waals surface area contributed by atoms with E-state index in [-0.39, 0.29) is 17.3 Å². The highest BCUT2D eigenvalue weighted by Crippen LogP contribution is 2.33. The van der Waals surface area contributed by atoms with E-state index < -0.39 is 17.6 Å². The summed E-state index contributed by atoms with van der Waals surface area (Å²) in [6, 6.07) is 1.58. The molecule has 0 bridgehead atoms. The molecule has 8 heteroatoms. The van der Waals surface area contributed by atoms with Gasteiger partial charge in [0.1, 0.15) is 11.5 Å². The predicted molar refractivity (Wildman–Crippen MR) is 59.0 cm³/mol. The van der Waals surface area contributed by atoms with Gasteiger partial charge in [-0.3, -0.25) is 4.79 Å². The second-order valence-corrected chi connectivity index (χ2v) is 3.67. The van der Waals surface area contributed by atoms with Gasteiger partial charge in [0.15, 0.2) is 12.2 Å². The van der Waals surface area contributed by atoms with E-state index in [0.717, 1.165) is 18.5 Å². The molecule has 100 valence electrons. The number of rotatable bonds is 2. The molecule has 2 heterocycles. The lowest BCUT2D eigenvalue weighted by Gasteiger charge is -2.10. The van der Waals surface area contributed by atoms with E-state index in [1.807, 2.05) is 0 Å². The molecule has 0 radical (unpaired) electrons. The van der Waals surface area contributed by atoms with Crippen LogP contribution in [-0.2, 0) is 11.0 Å². The molecule has 0 saturated heterocycles. The highest BCUT2D eigenvalue weighted by Gasteiger charge is 2.32. The van der Waals surface area contributed by atoms with E-state index in [9.17, 15) is 18.0 Å². The van der Waals surface area contributed by atoms with Crippen LogP contribution in [0.4, 0.5) is 19.0 Å². The van der Waals surface area contributed by atoms with Gasteiger partial charge in [0, 0.05) is 6.92 Å². The highest BCUT2D eigenvalue weighted by atomic mass is 19.4. The number of alkyl halides is 3. The third kappa shape index (κ3) is 3.09. The summed E-state index contributed by atoms with van der Waals surface area (Å²) in [4.78, 5) is 18.4. The molecule has 1 amide bonds. The molecular formula is C11H8F3N3O2. The molecule has 0 fully saturated rings. The fourth-order valence-corrected chi connectivity index (χ4v) is 1.41. The summed E-state index contributed by atoms with van der Waals surface area (Å²) in [5, 5.41) is 2.21. The predicted octanol–water partition coefficient (Wildman–Crippen LogP) is 2.71. The van der Waals surface area contributed by atoms with Crippen LogP contribution in [0.3, 0.4) is 0 Å². The molecule has 0 spiro atoms. The maximum Gasteiger partial charge on any atom is 0.416 e. The monoisotopic (exact) mass is 271 g/mol. The Labute approximate surface area is 105 Å². The first-order chi connectivity index (χ1) is 8.86. The van der Waals surface area contributed by atoms with Crippen molar-refractivity contribution in [2.24, 2.45) is 0 Å². The van der Waals surface area contributed by atoms with Gasteiger partial charge >= 0.3 is 6.18 Å². The number of anilines is 1. The number of hydrogen-bond acceptors (Lipinski definition) is 4. The van der Waals surface area contributed by atoms with Crippen LogP contribution in [0.15, 0.2) is 29.1 Å². The smallest absolute Gasteiger partial charge is 0.416 e. The Morgan fingerprint density at radius 3 is 2.63 bits per heavy atom. The van der Waals surface area contributed by atoms with E-state index in [1.54, 1.807) is 0 Å². The lowest BCUT2D eigenvalue weighted by Crippen LogP contribution is -2.11. The standard InChI is InChI=1S/C11H8F3N3O2/c1-6(18)16-10-3-7(11(12,13)14)2-8(17-10)9-4-15-5-19-9/h2-5H,1H3,(H,16,17,18). The number of carbonyl (C=O) groups is 1. The Hall–Kier alpha value is -2.38. The summed E-state index contributed by atoms with van der Waals surface area (Å²) >= 11 is 0. The zero-order valence-electron chi connectivity index (χ0n) is 9.65. The van der Waals surface area contributed by atoms with E-state index >= 15 is 0 Å². The lowest BCUT2D eigenvalue weighted by molar-refractivity contribution is -0.137. The fraction of sp³-hybridized carbons (Fsp3) is 0.182. The Morgan fingerprint density at radius 1 is 1.37 bits per heavy atom. The van der Waals surface area contributed by atoms with E-state index in [0.29, 0.717) is 0 Å². The van der Waals surface area contributed by atoms with Gasteiger partial charge in [-0.05, 0) is 12.1 Å². The molecule has 2 aromatic heterocycles. The molecule has 19 heavy (non-hydrogen) atoms. The first-order valence-corrected chi connectivity index (χ1v) is 5.12. The Kier molecular flexibility index (Phi) is 3.24. The van der Waals surface area contributed by atoms with Gasteiger partial charge in [0.25, 0.3) is 0 Å². The molecule has 0 unspecified atom stereocenters. The topological polar surface area (TPSA) is 68.0 Å². The molecule has 0 aliphatic carbocycles. The Bertz CT molecular complexity index is 594. The van der Waals surface area contributed by atoms with Gasteiger partial charge in [0.05, 0.1) is 11.8 Å². The summed E-state index contributed by atoms with van der Waals surface area (Å²) in [7, 11) is 0. The lowest BCUT2D eigenvalue weighted by atomic mass is 10.2. The van der Waals surface area contributed by atoms with Crippen molar-refractivity contribution in [3.8, 4) is 11.5 Å². The first kappa shape index (κ1) is 13.1. The number of pyridine rings is 1. The van der Waals surface area contributed by atoms with Crippen LogP contribution in [0, 0.1) is 0 Å². The third-order valence-corrected chi connectivity index (χ3v) is 2.14. The molecule has 1 N–H and O–H groups in total. The van der Waals surface area contributed by atoms with Crippen LogP contribution >= 0.6 is 0 Å². The van der Waals surface area contributed by atoms with Gasteiger partial charge in [0.2, 0.25) is 5.91 Å². The van der Waals surface area contributed by atoms with Crippen LogP contribution in [0.1, 0.15) is 12.5 Å². The van der Waals surface area contributed by atoms with Crippen LogP contribution in [0.2, 0.25) is 0 Å². The molecule has 0 aromatic carbocycles. The summed E-state index contributed by atoms with van der Waals surface area (Å²) in [5.74, 6) is -0.637. The Morgan fingerprint density at radius 2 is 2.11 bits per heavy atom. The first-order valence-electron chi connectivity index (χ1n) is 5.12. The van der Waals surface area contributed by atoms with Crippen LogP contribution < -0.4 is 5.32 Å². The second kappa shape index (κ2) is 4.71. The quantitative estimate of drug-likeness (QED) is 0.911. The van der Waals surface area contributed by atoms with Crippen molar-refractivity contribution in [2.75, 3.05) is 5.32 Å². The zero-order chi connectivity index (χ0) is 14.0. The third-order valence-electron chi connectivity index (χ3n) is 2.14. The van der Waals surface area contributed by atoms with Crippen LogP contribution in [0.5, 0.6) is 0 Å². The van der Waals surface area contributed by atoms with Gasteiger partial charge in [-0.1, -0.05) is 0 Å². The average Bonchev–Trinajstić information content (AvgIpc) is 2.79. The maximum absolute atomic E-state index is 12.7. The Balaban J connectivity index is 2.52. The van der Waals surface area contributed by atoms with Crippen molar-refractivity contribution in [2.45, 2.75) is 13.1 Å². The van der Waals surface area contributed by atoms with Crippen LogP contribution in [-0.4, -0.2) is 15.9 Å². The van der Waals surface area contributed by atoms with Crippen molar-refractivity contribution in [1.29, 1.82) is 0 Å². The molecule has 5 nitrogen and oxygen atoms in total. The number of aromatic nitrogens is 2. The minimum absolute atomic E-state index is 0.0592. The van der Waals surface area contributed by atoms with Crippen molar-refractivity contribution in [1.82, 2.24) is 9.97 Å². The van der Waals surface area contributed by atoms with Gasteiger partial charge in [-0.2, -0.15) is 13.2 Å². The average molecular weight is 271 g/mol. The van der Waals surface area contributed by atoms with E-state index in [4.69, 9.17) is 4.42 Å². The molecule has 2 aromatic rings. The van der Waals surface area contributed by atoms with E-state index in [2.05, 4.69) is 15.3 Å². The largest absolute Gasteiger partial charge is 0.442 e. The maximum atomic E-state index is 12.7. The number of halogens is 3. The number of nitrogens with zero attached hydrogens (tertiary/aromatic N) is 2. The van der Waals surface area contributed by atoms with Gasteiger partial charge in [-0.25, -0.2) is 9.97 Å². The fourth-order valence-electron chi connectivity index (χ4n) is 1.41. The summed E-state index contributed by atoms with van der Waals surface area (Å²) in [6.07, 6.45) is -2.24. The summed E-state index contributed by atoms with van der Waals surface area (Å²) in [6.45, 7) is 1.18. The summed E-state index contributed by atoms with van der Waals surface area (Å²) < 4.78 is 43.1. The molecule has 0 aliphatic rings.